The lowest BCUT2D eigenvalue weighted by atomic mass is 9.84. The Hall–Kier alpha value is -1.34. The third-order valence-electron chi connectivity index (χ3n) is 4.31. The van der Waals surface area contributed by atoms with E-state index in [-0.39, 0.29) is 0 Å². The Balaban J connectivity index is 2.22. The third kappa shape index (κ3) is 2.05. The Labute approximate surface area is 129 Å². The highest BCUT2D eigenvalue weighted by Crippen LogP contribution is 2.42. The van der Waals surface area contributed by atoms with Crippen LogP contribution in [0.3, 0.4) is 0 Å². The molecule has 1 aliphatic rings. The van der Waals surface area contributed by atoms with Gasteiger partial charge in [0.1, 0.15) is 0 Å². The molecule has 0 spiro atoms. The maximum absolute atomic E-state index is 3.67. The Kier molecular flexibility index (Phi) is 3.33. The monoisotopic (exact) mass is 326 g/mol. The van der Waals surface area contributed by atoms with Crippen molar-refractivity contribution in [3.8, 4) is 0 Å². The molecule has 1 unspecified atom stereocenters. The van der Waals surface area contributed by atoms with Crippen LogP contribution in [0.5, 0.6) is 0 Å². The van der Waals surface area contributed by atoms with Gasteiger partial charge in [0, 0.05) is 10.4 Å². The van der Waals surface area contributed by atoms with Crippen LogP contribution in [0, 0.1) is 27.7 Å². The highest BCUT2D eigenvalue weighted by molar-refractivity contribution is 9.10. The number of rotatable bonds is 1. The molecule has 1 atom stereocenters. The predicted octanol–water partition coefficient (Wildman–Crippen LogP) is 5.84. The minimum absolute atomic E-state index is 0.392. The van der Waals surface area contributed by atoms with Crippen molar-refractivity contribution in [3.63, 3.8) is 0 Å². The van der Waals surface area contributed by atoms with Crippen LogP contribution in [0.4, 0.5) is 0 Å². The molecule has 20 heavy (non-hydrogen) atoms. The molecule has 0 saturated heterocycles. The smallest absolute Gasteiger partial charge is 0.0287 e. The second kappa shape index (κ2) is 4.89. The zero-order valence-corrected chi connectivity index (χ0v) is 14.0. The van der Waals surface area contributed by atoms with Crippen molar-refractivity contribution < 1.29 is 0 Å². The molecule has 0 heterocycles. The van der Waals surface area contributed by atoms with Gasteiger partial charge in [-0.25, -0.2) is 0 Å². The topological polar surface area (TPSA) is 0 Å². The number of halogens is 1. The van der Waals surface area contributed by atoms with Crippen molar-refractivity contribution in [2.75, 3.05) is 0 Å². The summed E-state index contributed by atoms with van der Waals surface area (Å²) in [6.07, 6.45) is 4.60. The molecule has 1 aliphatic carbocycles. The third-order valence-corrected chi connectivity index (χ3v) is 5.17. The average Bonchev–Trinajstić information content (AvgIpc) is 2.77. The highest BCUT2D eigenvalue weighted by atomic mass is 79.9. The van der Waals surface area contributed by atoms with Gasteiger partial charge in [-0.1, -0.05) is 51.8 Å². The van der Waals surface area contributed by atoms with E-state index >= 15 is 0 Å². The minimum atomic E-state index is 0.392. The zero-order chi connectivity index (χ0) is 14.4. The van der Waals surface area contributed by atoms with E-state index in [1.165, 1.54) is 43.4 Å². The summed E-state index contributed by atoms with van der Waals surface area (Å²) < 4.78 is 1.20. The maximum Gasteiger partial charge on any atom is 0.0287 e. The molecule has 0 amide bonds. The second-order valence-corrected chi connectivity index (χ2v) is 6.68. The fourth-order valence-electron chi connectivity index (χ4n) is 3.50. The van der Waals surface area contributed by atoms with Crippen LogP contribution in [-0.4, -0.2) is 0 Å². The highest BCUT2D eigenvalue weighted by Gasteiger charge is 2.24. The summed E-state index contributed by atoms with van der Waals surface area (Å²) in [4.78, 5) is 0. The first-order chi connectivity index (χ1) is 9.49. The number of hydrogen-bond donors (Lipinski definition) is 0. The first kappa shape index (κ1) is 13.6. The largest absolute Gasteiger partial charge is 0.0720 e. The summed E-state index contributed by atoms with van der Waals surface area (Å²) in [7, 11) is 0. The first-order valence-corrected chi connectivity index (χ1v) is 7.83. The lowest BCUT2D eigenvalue weighted by Gasteiger charge is -2.20. The number of hydrogen-bond acceptors (Lipinski definition) is 0. The molecule has 0 radical (unpaired) electrons. The predicted molar refractivity (Wildman–Crippen MR) is 90.4 cm³/mol. The molecule has 0 nitrogen and oxygen atoms in total. The molecule has 2 aromatic carbocycles. The van der Waals surface area contributed by atoms with Gasteiger partial charge >= 0.3 is 0 Å². The number of fused-ring (bicyclic) bond motifs is 1. The summed E-state index contributed by atoms with van der Waals surface area (Å²) in [6.45, 7) is 8.84. The quantitative estimate of drug-likeness (QED) is 0.617. The lowest BCUT2D eigenvalue weighted by Crippen LogP contribution is -2.04. The standard InChI is InChI=1S/C19H19Br/c1-11-9-12(2)18(13(3)10-11)16-7-5-15-6-8-17(20)14(4)19(15)16/h5-10,16H,1-4H3. The summed E-state index contributed by atoms with van der Waals surface area (Å²) in [6, 6.07) is 8.94. The number of benzene rings is 2. The van der Waals surface area contributed by atoms with Crippen LogP contribution in [0.25, 0.3) is 6.08 Å². The van der Waals surface area contributed by atoms with Crippen molar-refractivity contribution in [2.45, 2.75) is 33.6 Å². The van der Waals surface area contributed by atoms with Crippen LogP contribution < -0.4 is 0 Å². The molecule has 0 bridgehead atoms. The van der Waals surface area contributed by atoms with Gasteiger partial charge in [-0.3, -0.25) is 0 Å². The maximum atomic E-state index is 3.67. The fourth-order valence-corrected chi connectivity index (χ4v) is 3.85. The van der Waals surface area contributed by atoms with Crippen LogP contribution >= 0.6 is 15.9 Å². The van der Waals surface area contributed by atoms with Gasteiger partial charge in [-0.2, -0.15) is 0 Å². The molecule has 0 aromatic heterocycles. The Morgan fingerprint density at radius 1 is 0.900 bits per heavy atom. The Morgan fingerprint density at radius 2 is 1.55 bits per heavy atom. The summed E-state index contributed by atoms with van der Waals surface area (Å²) >= 11 is 3.67. The Morgan fingerprint density at radius 3 is 2.20 bits per heavy atom. The van der Waals surface area contributed by atoms with E-state index in [2.05, 4.69) is 80.0 Å². The van der Waals surface area contributed by atoms with Crippen LogP contribution in [0.2, 0.25) is 0 Å². The van der Waals surface area contributed by atoms with E-state index < -0.39 is 0 Å². The van der Waals surface area contributed by atoms with Gasteiger partial charge in [0.2, 0.25) is 0 Å². The van der Waals surface area contributed by atoms with E-state index in [0.717, 1.165) is 0 Å². The van der Waals surface area contributed by atoms with Crippen LogP contribution in [0.1, 0.15) is 44.9 Å². The van der Waals surface area contributed by atoms with Gasteiger partial charge in [0.15, 0.2) is 0 Å². The summed E-state index contributed by atoms with van der Waals surface area (Å²) in [5.74, 6) is 0.392. The molecular weight excluding hydrogens is 308 g/mol. The van der Waals surface area contributed by atoms with E-state index in [9.17, 15) is 0 Å². The van der Waals surface area contributed by atoms with E-state index in [0.29, 0.717) is 5.92 Å². The molecule has 0 aliphatic heterocycles. The molecule has 0 N–H and O–H groups in total. The van der Waals surface area contributed by atoms with Gasteiger partial charge in [-0.05, 0) is 67.1 Å². The second-order valence-electron chi connectivity index (χ2n) is 5.82. The normalized spacial score (nSPS) is 16.6. The average molecular weight is 327 g/mol. The first-order valence-electron chi connectivity index (χ1n) is 7.04. The van der Waals surface area contributed by atoms with Crippen molar-refractivity contribution in [3.05, 3.63) is 73.8 Å². The van der Waals surface area contributed by atoms with Crippen LogP contribution in [-0.2, 0) is 0 Å². The summed E-state index contributed by atoms with van der Waals surface area (Å²) in [5.41, 5.74) is 9.76. The molecular formula is C19H19Br. The van der Waals surface area contributed by atoms with Gasteiger partial charge < -0.3 is 0 Å². The van der Waals surface area contributed by atoms with Crippen molar-refractivity contribution in [1.82, 2.24) is 0 Å². The fraction of sp³-hybridized carbons (Fsp3) is 0.263. The van der Waals surface area contributed by atoms with Gasteiger partial charge in [0.25, 0.3) is 0 Å². The summed E-state index contributed by atoms with van der Waals surface area (Å²) in [5, 5.41) is 0. The molecule has 102 valence electrons. The van der Waals surface area contributed by atoms with Crippen molar-refractivity contribution in [1.29, 1.82) is 0 Å². The SMILES string of the molecule is Cc1cc(C)c(C2C=Cc3ccc(Br)c(C)c32)c(C)c1. The molecule has 0 saturated carbocycles. The molecule has 1 heteroatoms. The van der Waals surface area contributed by atoms with Gasteiger partial charge in [-0.15, -0.1) is 0 Å². The van der Waals surface area contributed by atoms with Crippen molar-refractivity contribution >= 4 is 22.0 Å². The molecule has 0 fully saturated rings. The van der Waals surface area contributed by atoms with Crippen molar-refractivity contribution in [2.24, 2.45) is 0 Å². The number of allylic oxidation sites excluding steroid dienone is 1. The zero-order valence-electron chi connectivity index (χ0n) is 12.4. The number of aryl methyl sites for hydroxylation is 3. The van der Waals surface area contributed by atoms with E-state index in [1.54, 1.807) is 0 Å². The van der Waals surface area contributed by atoms with Gasteiger partial charge in [0.05, 0.1) is 0 Å². The van der Waals surface area contributed by atoms with E-state index in [4.69, 9.17) is 0 Å². The minimum Gasteiger partial charge on any atom is -0.0720 e. The van der Waals surface area contributed by atoms with E-state index in [1.807, 2.05) is 0 Å². The molecule has 3 rings (SSSR count). The lowest BCUT2D eigenvalue weighted by molar-refractivity contribution is 0.987. The van der Waals surface area contributed by atoms with Crippen LogP contribution in [0.15, 0.2) is 34.8 Å². The Bertz CT molecular complexity index is 700. The molecule has 2 aromatic rings.